The summed E-state index contributed by atoms with van der Waals surface area (Å²) in [4.78, 5) is 20.4. The molecule has 0 amide bonds. The molecule has 2 N–H and O–H groups in total. The van der Waals surface area contributed by atoms with E-state index in [4.69, 9.17) is 5.73 Å². The number of anilines is 1. The number of hydrogen-bond acceptors (Lipinski definition) is 4. The topological polar surface area (TPSA) is 86.2 Å². The van der Waals surface area contributed by atoms with E-state index in [0.29, 0.717) is 6.07 Å². The Hall–Kier alpha value is -2.12. The molecule has 0 fully saturated rings. The lowest BCUT2D eigenvalue weighted by atomic mass is 10.0. The lowest BCUT2D eigenvalue weighted by molar-refractivity contribution is -0.387. The summed E-state index contributed by atoms with van der Waals surface area (Å²) in [7, 11) is 0. The standard InChI is InChI=1S/C9H7F3N2O3/c1-4(15)5-2-3-6(9(10,11)12)8(7(5)13)14(16)17/h2-3H,13H2,1H3. The number of carbonyl (C=O) groups is 1. The van der Waals surface area contributed by atoms with Crippen LogP contribution in [0.5, 0.6) is 0 Å². The van der Waals surface area contributed by atoms with E-state index in [0.717, 1.165) is 13.0 Å². The number of Topliss-reactive ketones (excluding diaryl/α,β-unsaturated/α-hetero) is 1. The van der Waals surface area contributed by atoms with Crippen molar-refractivity contribution >= 4 is 17.2 Å². The van der Waals surface area contributed by atoms with Gasteiger partial charge in [0.15, 0.2) is 5.78 Å². The molecule has 0 saturated carbocycles. The fraction of sp³-hybridized carbons (Fsp3) is 0.222. The van der Waals surface area contributed by atoms with Gasteiger partial charge in [-0.25, -0.2) is 0 Å². The number of hydrogen-bond donors (Lipinski definition) is 1. The number of nitrogens with zero attached hydrogens (tertiary/aromatic N) is 1. The molecule has 92 valence electrons. The first-order valence-electron chi connectivity index (χ1n) is 4.31. The third kappa shape index (κ3) is 2.35. The van der Waals surface area contributed by atoms with Crippen LogP contribution in [0.25, 0.3) is 0 Å². The van der Waals surface area contributed by atoms with Crippen molar-refractivity contribution in [2.75, 3.05) is 5.73 Å². The zero-order valence-corrected chi connectivity index (χ0v) is 8.54. The predicted octanol–water partition coefficient (Wildman–Crippen LogP) is 2.40. The Labute approximate surface area is 93.2 Å². The van der Waals surface area contributed by atoms with Crippen molar-refractivity contribution in [2.45, 2.75) is 13.1 Å². The number of alkyl halides is 3. The van der Waals surface area contributed by atoms with Gasteiger partial charge in [0.1, 0.15) is 11.3 Å². The van der Waals surface area contributed by atoms with E-state index in [9.17, 15) is 28.1 Å². The Kier molecular flexibility index (Phi) is 3.08. The molecule has 0 aliphatic carbocycles. The van der Waals surface area contributed by atoms with E-state index in [2.05, 4.69) is 0 Å². The molecule has 0 heterocycles. The van der Waals surface area contributed by atoms with Crippen LogP contribution < -0.4 is 5.73 Å². The van der Waals surface area contributed by atoms with Gasteiger partial charge in [0.25, 0.3) is 0 Å². The van der Waals surface area contributed by atoms with Gasteiger partial charge in [0.05, 0.1) is 4.92 Å². The van der Waals surface area contributed by atoms with Crippen molar-refractivity contribution in [3.8, 4) is 0 Å². The maximum atomic E-state index is 12.5. The molecule has 1 aromatic rings. The summed E-state index contributed by atoms with van der Waals surface area (Å²) in [6.07, 6.45) is -4.90. The smallest absolute Gasteiger partial charge is 0.393 e. The van der Waals surface area contributed by atoms with Crippen LogP contribution >= 0.6 is 0 Å². The molecular formula is C9H7F3N2O3. The van der Waals surface area contributed by atoms with Crippen LogP contribution in [0.4, 0.5) is 24.5 Å². The molecule has 0 bridgehead atoms. The lowest BCUT2D eigenvalue weighted by Crippen LogP contribution is -2.13. The normalized spacial score (nSPS) is 11.3. The number of ketones is 1. The minimum absolute atomic E-state index is 0.301. The number of nitro groups is 1. The van der Waals surface area contributed by atoms with Crippen LogP contribution in [0.2, 0.25) is 0 Å². The van der Waals surface area contributed by atoms with E-state index in [1.807, 2.05) is 0 Å². The SMILES string of the molecule is CC(=O)c1ccc(C(F)(F)F)c([N+](=O)[O-])c1N. The fourth-order valence-corrected chi connectivity index (χ4v) is 1.34. The van der Waals surface area contributed by atoms with E-state index >= 15 is 0 Å². The number of carbonyl (C=O) groups excluding carboxylic acids is 1. The largest absolute Gasteiger partial charge is 0.423 e. The van der Waals surface area contributed by atoms with Gasteiger partial charge < -0.3 is 5.73 Å². The Balaban J connectivity index is 3.63. The molecule has 0 aliphatic rings. The molecule has 8 heteroatoms. The van der Waals surface area contributed by atoms with Gasteiger partial charge in [0, 0.05) is 5.56 Å². The van der Waals surface area contributed by atoms with Gasteiger partial charge in [-0.2, -0.15) is 13.2 Å². The molecule has 0 atom stereocenters. The Morgan fingerprint density at radius 1 is 1.41 bits per heavy atom. The van der Waals surface area contributed by atoms with Crippen LogP contribution in [0.3, 0.4) is 0 Å². The van der Waals surface area contributed by atoms with Crippen LogP contribution in [0.1, 0.15) is 22.8 Å². The first-order valence-corrected chi connectivity index (χ1v) is 4.31. The Bertz CT molecular complexity index is 497. The highest BCUT2D eigenvalue weighted by Gasteiger charge is 2.40. The average Bonchev–Trinajstić information content (AvgIpc) is 2.14. The second-order valence-electron chi connectivity index (χ2n) is 3.23. The number of nitrogens with two attached hydrogens (primary N) is 1. The molecular weight excluding hydrogens is 241 g/mol. The maximum absolute atomic E-state index is 12.5. The molecule has 1 rings (SSSR count). The number of nitrogen functional groups attached to an aromatic ring is 1. The van der Waals surface area contributed by atoms with Crippen molar-refractivity contribution in [1.29, 1.82) is 0 Å². The molecule has 0 unspecified atom stereocenters. The third-order valence-electron chi connectivity index (χ3n) is 2.08. The van der Waals surface area contributed by atoms with E-state index in [1.165, 1.54) is 0 Å². The molecule has 0 aromatic heterocycles. The van der Waals surface area contributed by atoms with E-state index in [1.54, 1.807) is 0 Å². The molecule has 5 nitrogen and oxygen atoms in total. The quantitative estimate of drug-likeness (QED) is 0.377. The van der Waals surface area contributed by atoms with Crippen molar-refractivity contribution in [3.63, 3.8) is 0 Å². The molecule has 0 radical (unpaired) electrons. The van der Waals surface area contributed by atoms with Crippen LogP contribution in [0, 0.1) is 10.1 Å². The van der Waals surface area contributed by atoms with Crippen LogP contribution in [-0.2, 0) is 6.18 Å². The zero-order valence-electron chi connectivity index (χ0n) is 8.54. The number of nitro benzene ring substituents is 1. The summed E-state index contributed by atoms with van der Waals surface area (Å²) in [5.74, 6) is -0.640. The molecule has 0 saturated heterocycles. The average molecular weight is 248 g/mol. The second kappa shape index (κ2) is 4.04. The van der Waals surface area contributed by atoms with Crippen molar-refractivity contribution < 1.29 is 22.9 Å². The first kappa shape index (κ1) is 12.9. The highest BCUT2D eigenvalue weighted by Crippen LogP contribution is 2.40. The lowest BCUT2D eigenvalue weighted by Gasteiger charge is -2.10. The van der Waals surface area contributed by atoms with Crippen LogP contribution in [-0.4, -0.2) is 10.7 Å². The van der Waals surface area contributed by atoms with Gasteiger partial charge in [-0.1, -0.05) is 0 Å². The molecule has 0 aliphatic heterocycles. The summed E-state index contributed by atoms with van der Waals surface area (Å²) in [5.41, 5.74) is 1.40. The number of halogens is 3. The number of rotatable bonds is 2. The maximum Gasteiger partial charge on any atom is 0.423 e. The Morgan fingerprint density at radius 2 is 1.94 bits per heavy atom. The van der Waals surface area contributed by atoms with E-state index in [-0.39, 0.29) is 5.56 Å². The minimum Gasteiger partial charge on any atom is -0.393 e. The molecule has 17 heavy (non-hydrogen) atoms. The van der Waals surface area contributed by atoms with Crippen molar-refractivity contribution in [2.24, 2.45) is 0 Å². The van der Waals surface area contributed by atoms with Gasteiger partial charge in [0.2, 0.25) is 0 Å². The highest BCUT2D eigenvalue weighted by atomic mass is 19.4. The van der Waals surface area contributed by atoms with Gasteiger partial charge >= 0.3 is 11.9 Å². The fourth-order valence-electron chi connectivity index (χ4n) is 1.34. The zero-order chi connectivity index (χ0) is 13.4. The van der Waals surface area contributed by atoms with Gasteiger partial charge in [-0.05, 0) is 19.1 Å². The monoisotopic (exact) mass is 248 g/mol. The van der Waals surface area contributed by atoms with Crippen LogP contribution in [0.15, 0.2) is 12.1 Å². The Morgan fingerprint density at radius 3 is 2.29 bits per heavy atom. The van der Waals surface area contributed by atoms with Crippen molar-refractivity contribution in [3.05, 3.63) is 33.4 Å². The van der Waals surface area contributed by atoms with E-state index < -0.39 is 33.8 Å². The van der Waals surface area contributed by atoms with Gasteiger partial charge in [-0.3, -0.25) is 14.9 Å². The summed E-state index contributed by atoms with van der Waals surface area (Å²) in [6, 6.07) is 1.30. The van der Waals surface area contributed by atoms with Gasteiger partial charge in [-0.15, -0.1) is 0 Å². The number of benzene rings is 1. The summed E-state index contributed by atoms with van der Waals surface area (Å²) < 4.78 is 37.4. The summed E-state index contributed by atoms with van der Waals surface area (Å²) in [5, 5.41) is 10.6. The van der Waals surface area contributed by atoms with Crippen molar-refractivity contribution in [1.82, 2.24) is 0 Å². The molecule has 1 aromatic carbocycles. The highest BCUT2D eigenvalue weighted by molar-refractivity contribution is 6.01. The predicted molar refractivity (Wildman–Crippen MR) is 52.5 cm³/mol. The third-order valence-corrected chi connectivity index (χ3v) is 2.08. The minimum atomic E-state index is -4.90. The summed E-state index contributed by atoms with van der Waals surface area (Å²) in [6.45, 7) is 1.06. The first-order chi connectivity index (χ1) is 7.66. The molecule has 0 spiro atoms. The summed E-state index contributed by atoms with van der Waals surface area (Å²) >= 11 is 0. The second-order valence-corrected chi connectivity index (χ2v) is 3.23.